The van der Waals surface area contributed by atoms with Crippen LogP contribution in [0.2, 0.25) is 0 Å². The normalized spacial score (nSPS) is 10.3. The number of amides is 1. The van der Waals surface area contributed by atoms with Crippen molar-refractivity contribution in [1.29, 1.82) is 5.26 Å². The quantitative estimate of drug-likeness (QED) is 0.720. The van der Waals surface area contributed by atoms with Crippen molar-refractivity contribution in [2.75, 3.05) is 26.5 Å². The zero-order valence-corrected chi connectivity index (χ0v) is 15.4. The van der Waals surface area contributed by atoms with Gasteiger partial charge in [-0.1, -0.05) is 0 Å². The van der Waals surface area contributed by atoms with Gasteiger partial charge in [0.05, 0.1) is 31.0 Å². The monoisotopic (exact) mass is 359 g/mol. The maximum absolute atomic E-state index is 12.0. The number of oxazole rings is 1. The fraction of sp³-hybridized carbons (Fsp3) is 0.389. The number of nitrogens with zero attached hydrogens (tertiary/aromatic N) is 3. The lowest BCUT2D eigenvalue weighted by Crippen LogP contribution is -2.29. The molecule has 1 aromatic carbocycles. The number of benzene rings is 1. The molecule has 0 aliphatic heterocycles. The molecule has 6 nitrogen and oxygen atoms in total. The van der Waals surface area contributed by atoms with Crippen molar-refractivity contribution in [3.63, 3.8) is 0 Å². The summed E-state index contributed by atoms with van der Waals surface area (Å²) in [6.07, 6.45) is 0.348. The number of hydrogen-bond donors (Lipinski definition) is 0. The number of ether oxygens (including phenoxy) is 1. The molecule has 0 radical (unpaired) electrons. The second-order valence-electron chi connectivity index (χ2n) is 5.47. The topological polar surface area (TPSA) is 79.4 Å². The predicted molar refractivity (Wildman–Crippen MR) is 97.3 cm³/mol. The summed E-state index contributed by atoms with van der Waals surface area (Å²) in [6.45, 7) is 2.33. The van der Waals surface area contributed by atoms with Crippen LogP contribution >= 0.6 is 11.8 Å². The predicted octanol–water partition coefficient (Wildman–Crippen LogP) is 3.26. The fourth-order valence-electron chi connectivity index (χ4n) is 2.11. The highest BCUT2D eigenvalue weighted by atomic mass is 32.2. The van der Waals surface area contributed by atoms with Gasteiger partial charge in [0.2, 0.25) is 11.8 Å². The molecule has 2 aromatic rings. The van der Waals surface area contributed by atoms with E-state index >= 15 is 0 Å². The van der Waals surface area contributed by atoms with E-state index < -0.39 is 0 Å². The van der Waals surface area contributed by atoms with Crippen LogP contribution in [0.25, 0.3) is 11.5 Å². The van der Waals surface area contributed by atoms with E-state index in [1.54, 1.807) is 19.1 Å². The summed E-state index contributed by atoms with van der Waals surface area (Å²) >= 11 is 1.49. The van der Waals surface area contributed by atoms with Crippen LogP contribution in [0.5, 0.6) is 5.75 Å². The SMILES string of the molecule is COc1ccc(-c2nc(CSCC(=O)N(C)CCC#N)c(C)o2)cc1. The summed E-state index contributed by atoms with van der Waals surface area (Å²) in [5.74, 6) is 3.06. The number of aryl methyl sites for hydroxylation is 1. The molecule has 1 amide bonds. The number of carbonyl (C=O) groups excluding carboxylic acids is 1. The minimum atomic E-state index is 0.0109. The molecular weight excluding hydrogens is 338 g/mol. The molecular formula is C18H21N3O3S. The van der Waals surface area contributed by atoms with Gasteiger partial charge in [0.1, 0.15) is 11.5 Å². The van der Waals surface area contributed by atoms with Crippen molar-refractivity contribution in [3.8, 4) is 23.3 Å². The summed E-state index contributed by atoms with van der Waals surface area (Å²) in [6, 6.07) is 9.55. The van der Waals surface area contributed by atoms with Crippen molar-refractivity contribution in [3.05, 3.63) is 35.7 Å². The van der Waals surface area contributed by atoms with E-state index in [0.29, 0.717) is 30.4 Å². The van der Waals surface area contributed by atoms with E-state index in [1.807, 2.05) is 37.3 Å². The average molecular weight is 359 g/mol. The third kappa shape index (κ3) is 5.26. The zero-order chi connectivity index (χ0) is 18.2. The Morgan fingerprint density at radius 2 is 2.12 bits per heavy atom. The summed E-state index contributed by atoms with van der Waals surface area (Å²) in [5.41, 5.74) is 1.72. The first-order valence-corrected chi connectivity index (χ1v) is 9.00. The Bertz CT molecular complexity index is 750. The Morgan fingerprint density at radius 1 is 1.40 bits per heavy atom. The first-order valence-electron chi connectivity index (χ1n) is 7.84. The zero-order valence-electron chi connectivity index (χ0n) is 14.6. The Hall–Kier alpha value is -2.46. The lowest BCUT2D eigenvalue weighted by atomic mass is 10.2. The highest BCUT2D eigenvalue weighted by molar-refractivity contribution is 7.99. The van der Waals surface area contributed by atoms with Crippen molar-refractivity contribution in [1.82, 2.24) is 9.88 Å². The first kappa shape index (κ1) is 18.9. The highest BCUT2D eigenvalue weighted by Gasteiger charge is 2.13. The Labute approximate surface area is 151 Å². The van der Waals surface area contributed by atoms with Crippen molar-refractivity contribution in [2.24, 2.45) is 0 Å². The number of thioether (sulfide) groups is 1. The smallest absolute Gasteiger partial charge is 0.232 e. The van der Waals surface area contributed by atoms with Gasteiger partial charge in [-0.2, -0.15) is 5.26 Å². The maximum atomic E-state index is 12.0. The number of aromatic nitrogens is 1. The van der Waals surface area contributed by atoms with Crippen LogP contribution < -0.4 is 4.74 Å². The van der Waals surface area contributed by atoms with Crippen LogP contribution in [0, 0.1) is 18.3 Å². The van der Waals surface area contributed by atoms with Gasteiger partial charge < -0.3 is 14.1 Å². The van der Waals surface area contributed by atoms with Crippen LogP contribution in [0.15, 0.2) is 28.7 Å². The summed E-state index contributed by atoms with van der Waals surface area (Å²) in [5, 5.41) is 8.56. The molecule has 0 unspecified atom stereocenters. The molecule has 0 spiro atoms. The molecule has 0 N–H and O–H groups in total. The minimum Gasteiger partial charge on any atom is -0.497 e. The van der Waals surface area contributed by atoms with E-state index in [9.17, 15) is 4.79 Å². The lowest BCUT2D eigenvalue weighted by Gasteiger charge is -2.14. The van der Waals surface area contributed by atoms with Gasteiger partial charge in [-0.25, -0.2) is 4.98 Å². The summed E-state index contributed by atoms with van der Waals surface area (Å²) in [4.78, 5) is 18.1. The molecule has 25 heavy (non-hydrogen) atoms. The van der Waals surface area contributed by atoms with Crippen LogP contribution in [-0.2, 0) is 10.5 Å². The number of nitriles is 1. The van der Waals surface area contributed by atoms with Crippen molar-refractivity contribution >= 4 is 17.7 Å². The second kappa shape index (κ2) is 9.14. The number of hydrogen-bond acceptors (Lipinski definition) is 6. The van der Waals surface area contributed by atoms with Crippen molar-refractivity contribution in [2.45, 2.75) is 19.1 Å². The van der Waals surface area contributed by atoms with Crippen LogP contribution in [0.3, 0.4) is 0 Å². The third-order valence-electron chi connectivity index (χ3n) is 3.68. The molecule has 0 aliphatic rings. The van der Waals surface area contributed by atoms with Gasteiger partial charge in [0, 0.05) is 24.9 Å². The summed E-state index contributed by atoms with van der Waals surface area (Å²) < 4.78 is 10.9. The van der Waals surface area contributed by atoms with Crippen LogP contribution in [-0.4, -0.2) is 42.2 Å². The molecule has 0 fully saturated rings. The van der Waals surface area contributed by atoms with Crippen LogP contribution in [0.4, 0.5) is 0 Å². The first-order chi connectivity index (χ1) is 12.0. The van der Waals surface area contributed by atoms with Gasteiger partial charge in [0.25, 0.3) is 0 Å². The molecule has 2 rings (SSSR count). The van der Waals surface area contributed by atoms with E-state index in [4.69, 9.17) is 14.4 Å². The number of carbonyl (C=O) groups is 1. The van der Waals surface area contributed by atoms with Gasteiger partial charge in [0.15, 0.2) is 0 Å². The number of rotatable bonds is 8. The van der Waals surface area contributed by atoms with Crippen molar-refractivity contribution < 1.29 is 13.9 Å². The van der Waals surface area contributed by atoms with E-state index in [2.05, 4.69) is 4.98 Å². The molecule has 0 saturated carbocycles. The fourth-order valence-corrected chi connectivity index (χ4v) is 3.06. The Kier molecular flexibility index (Phi) is 6.90. The standard InChI is InChI=1S/C18H21N3O3S/c1-13-16(11-25-12-17(22)21(2)10-4-9-19)20-18(24-13)14-5-7-15(23-3)8-6-14/h5-8H,4,10-12H2,1-3H3. The Morgan fingerprint density at radius 3 is 2.76 bits per heavy atom. The highest BCUT2D eigenvalue weighted by Crippen LogP contribution is 2.25. The molecule has 7 heteroatoms. The van der Waals surface area contributed by atoms with E-state index in [1.165, 1.54) is 11.8 Å². The van der Waals surface area contributed by atoms with Crippen LogP contribution in [0.1, 0.15) is 17.9 Å². The average Bonchev–Trinajstić information content (AvgIpc) is 3.00. The maximum Gasteiger partial charge on any atom is 0.232 e. The second-order valence-corrected chi connectivity index (χ2v) is 6.45. The molecule has 0 saturated heterocycles. The Balaban J connectivity index is 1.92. The molecule has 0 bridgehead atoms. The molecule has 1 aromatic heterocycles. The van der Waals surface area contributed by atoms with Gasteiger partial charge in [-0.3, -0.25) is 4.79 Å². The van der Waals surface area contributed by atoms with Gasteiger partial charge in [-0.05, 0) is 31.2 Å². The number of methoxy groups -OCH3 is 1. The van der Waals surface area contributed by atoms with E-state index in [0.717, 1.165) is 22.8 Å². The van der Waals surface area contributed by atoms with Gasteiger partial charge in [-0.15, -0.1) is 11.8 Å². The molecule has 1 heterocycles. The minimum absolute atomic E-state index is 0.0109. The van der Waals surface area contributed by atoms with E-state index in [-0.39, 0.29) is 5.91 Å². The summed E-state index contributed by atoms with van der Waals surface area (Å²) in [7, 11) is 3.34. The molecule has 0 aliphatic carbocycles. The molecule has 0 atom stereocenters. The molecule has 132 valence electrons. The van der Waals surface area contributed by atoms with Gasteiger partial charge >= 0.3 is 0 Å². The third-order valence-corrected chi connectivity index (χ3v) is 4.61. The lowest BCUT2D eigenvalue weighted by molar-refractivity contribution is -0.127. The largest absolute Gasteiger partial charge is 0.497 e.